The quantitative estimate of drug-likeness (QED) is 0.676. The number of ether oxygens (including phenoxy) is 1. The molecule has 2 aliphatic rings. The van der Waals surface area contributed by atoms with E-state index in [2.05, 4.69) is 10.4 Å². The van der Waals surface area contributed by atoms with Gasteiger partial charge in [0.15, 0.2) is 0 Å². The minimum Gasteiger partial charge on any atom is -0.444 e. The summed E-state index contributed by atoms with van der Waals surface area (Å²) in [6.07, 6.45) is 4.80. The van der Waals surface area contributed by atoms with Crippen LogP contribution in [0.1, 0.15) is 57.3 Å². The van der Waals surface area contributed by atoms with Crippen molar-refractivity contribution in [1.82, 2.24) is 20.0 Å². The van der Waals surface area contributed by atoms with Crippen LogP contribution < -0.4 is 5.32 Å². The summed E-state index contributed by atoms with van der Waals surface area (Å²) in [7, 11) is 0. The first-order chi connectivity index (χ1) is 17.0. The summed E-state index contributed by atoms with van der Waals surface area (Å²) < 4.78 is 21.6. The fraction of sp³-hybridized carbons (Fsp3) is 0.500. The summed E-state index contributed by atoms with van der Waals surface area (Å²) in [6, 6.07) is 4.84. The van der Waals surface area contributed by atoms with Crippen molar-refractivity contribution in [2.45, 2.75) is 77.1 Å². The third-order valence-corrected chi connectivity index (χ3v) is 6.65. The van der Waals surface area contributed by atoms with E-state index in [0.29, 0.717) is 11.1 Å². The van der Waals surface area contributed by atoms with Crippen LogP contribution in [0.5, 0.6) is 0 Å². The minimum atomic E-state index is -0.974. The molecule has 1 aliphatic carbocycles. The lowest BCUT2D eigenvalue weighted by Gasteiger charge is -2.35. The van der Waals surface area contributed by atoms with Gasteiger partial charge in [-0.1, -0.05) is 12.1 Å². The second-order valence-corrected chi connectivity index (χ2v) is 10.5. The van der Waals surface area contributed by atoms with Crippen LogP contribution in [0.4, 0.5) is 9.18 Å². The number of carbonyl (C=O) groups is 3. The van der Waals surface area contributed by atoms with E-state index in [-0.39, 0.29) is 29.9 Å². The molecule has 10 heteroatoms. The van der Waals surface area contributed by atoms with Crippen molar-refractivity contribution in [3.63, 3.8) is 0 Å². The molecule has 0 spiro atoms. The lowest BCUT2D eigenvalue weighted by molar-refractivity contribution is -0.128. The van der Waals surface area contributed by atoms with Gasteiger partial charge in [0.25, 0.3) is 0 Å². The molecule has 0 unspecified atom stereocenters. The zero-order valence-electron chi connectivity index (χ0n) is 20.8. The number of halogens is 1. The molecule has 1 aromatic heterocycles. The number of fused-ring (bicyclic) bond motifs is 2. The van der Waals surface area contributed by atoms with Gasteiger partial charge in [0.05, 0.1) is 12.3 Å². The zero-order chi connectivity index (χ0) is 26.2. The van der Waals surface area contributed by atoms with E-state index in [9.17, 15) is 24.0 Å². The Balaban J connectivity index is 1.45. The highest BCUT2D eigenvalue weighted by Crippen LogP contribution is 2.43. The summed E-state index contributed by atoms with van der Waals surface area (Å²) in [4.78, 5) is 39.0. The van der Waals surface area contributed by atoms with Gasteiger partial charge in [-0.25, -0.2) is 13.9 Å². The fourth-order valence-electron chi connectivity index (χ4n) is 5.05. The fourth-order valence-corrected chi connectivity index (χ4v) is 5.05. The molecular formula is C26H30FN5O4. The zero-order valence-corrected chi connectivity index (χ0v) is 20.8. The van der Waals surface area contributed by atoms with Crippen molar-refractivity contribution < 1.29 is 23.5 Å². The number of likely N-dealkylation sites (tertiary alicyclic amines) is 1. The number of nitrogens with zero attached hydrogens (tertiary/aromatic N) is 4. The normalized spacial score (nSPS) is 21.7. The topological polar surface area (TPSA) is 117 Å². The van der Waals surface area contributed by atoms with Crippen LogP contribution in [0, 0.1) is 23.1 Å². The maximum atomic E-state index is 14.9. The summed E-state index contributed by atoms with van der Waals surface area (Å²) >= 11 is 0. The summed E-state index contributed by atoms with van der Waals surface area (Å²) in [5.41, 5.74) is 0.695. The molecule has 4 atom stereocenters. The lowest BCUT2D eigenvalue weighted by atomic mass is 9.97. The highest BCUT2D eigenvalue weighted by atomic mass is 19.1. The van der Waals surface area contributed by atoms with Gasteiger partial charge in [0, 0.05) is 31.1 Å². The summed E-state index contributed by atoms with van der Waals surface area (Å²) in [6.45, 7) is 6.69. The number of hydrogen-bond acceptors (Lipinski definition) is 6. The van der Waals surface area contributed by atoms with Crippen molar-refractivity contribution in [2.24, 2.45) is 5.92 Å². The molecule has 2 aromatic rings. The third kappa shape index (κ3) is 5.25. The predicted molar refractivity (Wildman–Crippen MR) is 128 cm³/mol. The van der Waals surface area contributed by atoms with Gasteiger partial charge in [-0.3, -0.25) is 14.5 Å². The van der Waals surface area contributed by atoms with E-state index in [1.807, 2.05) is 6.07 Å². The first-order valence-corrected chi connectivity index (χ1v) is 12.0. The molecule has 36 heavy (non-hydrogen) atoms. The van der Waals surface area contributed by atoms with E-state index in [1.54, 1.807) is 32.9 Å². The van der Waals surface area contributed by atoms with Crippen LogP contribution in [-0.2, 0) is 16.0 Å². The molecule has 9 nitrogen and oxygen atoms in total. The molecule has 2 heterocycles. The van der Waals surface area contributed by atoms with Gasteiger partial charge in [0.2, 0.25) is 11.8 Å². The largest absolute Gasteiger partial charge is 0.444 e. The second kappa shape index (κ2) is 9.72. The molecule has 190 valence electrons. The number of hydrogen-bond donors (Lipinski definition) is 1. The van der Waals surface area contributed by atoms with Gasteiger partial charge in [0.1, 0.15) is 23.5 Å². The molecule has 2 fully saturated rings. The molecule has 0 radical (unpaired) electrons. The number of nitriles is 1. The van der Waals surface area contributed by atoms with Crippen LogP contribution in [0.15, 0.2) is 30.6 Å². The van der Waals surface area contributed by atoms with E-state index in [4.69, 9.17) is 4.74 Å². The van der Waals surface area contributed by atoms with Crippen LogP contribution in [0.2, 0.25) is 0 Å². The Hall–Kier alpha value is -3.74. The summed E-state index contributed by atoms with van der Waals surface area (Å²) in [5.74, 6) is -1.21. The summed E-state index contributed by atoms with van der Waals surface area (Å²) in [5, 5.41) is 16.3. The Kier molecular flexibility index (Phi) is 6.85. The Labute approximate surface area is 209 Å². The molecule has 2 bridgehead atoms. The third-order valence-electron chi connectivity index (χ3n) is 6.65. The molecule has 2 amide bonds. The Bertz CT molecular complexity index is 1230. The highest BCUT2D eigenvalue weighted by Gasteiger charge is 2.52. The number of aromatic nitrogens is 2. The molecular weight excluding hydrogens is 465 g/mol. The van der Waals surface area contributed by atoms with Crippen LogP contribution in [0.25, 0.3) is 11.1 Å². The monoisotopic (exact) mass is 495 g/mol. The number of carbonyl (C=O) groups excluding carboxylic acids is 3. The number of piperidine rings is 1. The van der Waals surface area contributed by atoms with Crippen molar-refractivity contribution in [3.8, 4) is 17.2 Å². The number of rotatable bonds is 5. The SMILES string of the molecule is CC(=O)n1cc(-c2ccc(C[C@@H](C#N)NC(=O)[C@@H]3[C@H]4CC[C@H](C4)N3C(=O)OC(C)(C)C)c(F)c2)cn1. The van der Waals surface area contributed by atoms with Crippen molar-refractivity contribution in [3.05, 3.63) is 42.0 Å². The van der Waals surface area contributed by atoms with Gasteiger partial charge in [-0.15, -0.1) is 0 Å². The number of amides is 2. The van der Waals surface area contributed by atoms with Crippen LogP contribution in [0.3, 0.4) is 0 Å². The molecule has 1 aliphatic heterocycles. The van der Waals surface area contributed by atoms with E-state index in [0.717, 1.165) is 19.3 Å². The molecule has 4 rings (SSSR count). The van der Waals surface area contributed by atoms with Gasteiger partial charge in [-0.05, 0) is 63.1 Å². The van der Waals surface area contributed by atoms with Gasteiger partial charge in [-0.2, -0.15) is 10.4 Å². The van der Waals surface area contributed by atoms with E-state index < -0.39 is 35.5 Å². The highest BCUT2D eigenvalue weighted by molar-refractivity contribution is 5.87. The van der Waals surface area contributed by atoms with Crippen molar-refractivity contribution in [2.75, 3.05) is 0 Å². The lowest BCUT2D eigenvalue weighted by Crippen LogP contribution is -2.55. The Morgan fingerprint density at radius 1 is 1.28 bits per heavy atom. The first kappa shape index (κ1) is 25.4. The first-order valence-electron chi connectivity index (χ1n) is 12.0. The van der Waals surface area contributed by atoms with Crippen molar-refractivity contribution in [1.29, 1.82) is 5.26 Å². The van der Waals surface area contributed by atoms with Crippen molar-refractivity contribution >= 4 is 17.9 Å². The minimum absolute atomic E-state index is 0.00815. The Morgan fingerprint density at radius 3 is 2.64 bits per heavy atom. The maximum Gasteiger partial charge on any atom is 0.411 e. The predicted octanol–water partition coefficient (Wildman–Crippen LogP) is 3.69. The van der Waals surface area contributed by atoms with Crippen LogP contribution >= 0.6 is 0 Å². The van der Waals surface area contributed by atoms with Crippen LogP contribution in [-0.4, -0.2) is 56.3 Å². The van der Waals surface area contributed by atoms with Gasteiger partial charge >= 0.3 is 6.09 Å². The number of nitrogens with one attached hydrogen (secondary N) is 1. The standard InChI is InChI=1S/C26H30FN5O4/c1-15(33)31-14-19(13-29-31)16-5-6-17(22(27)11-16)9-20(12-28)30-24(34)23-18-7-8-21(10-18)32(23)25(35)36-26(2,3)4/h5-6,11,13-14,18,20-21,23H,7-10H2,1-4H3,(H,30,34)/t18-,20-,21+,23-/m0/s1. The average Bonchev–Trinajstić information content (AvgIpc) is 3.54. The maximum absolute atomic E-state index is 14.9. The average molecular weight is 496 g/mol. The molecule has 1 aromatic carbocycles. The van der Waals surface area contributed by atoms with E-state index >= 15 is 0 Å². The Morgan fingerprint density at radius 2 is 2.03 bits per heavy atom. The molecule has 1 saturated heterocycles. The molecule has 1 N–H and O–H groups in total. The second-order valence-electron chi connectivity index (χ2n) is 10.5. The smallest absolute Gasteiger partial charge is 0.411 e. The van der Waals surface area contributed by atoms with Gasteiger partial charge < -0.3 is 10.1 Å². The van der Waals surface area contributed by atoms with E-state index in [1.165, 1.54) is 35.0 Å². The molecule has 1 saturated carbocycles. The number of benzene rings is 1.